The number of rotatable bonds is 8. The van der Waals surface area contributed by atoms with Crippen molar-refractivity contribution >= 4 is 5.91 Å². The summed E-state index contributed by atoms with van der Waals surface area (Å²) in [7, 11) is 0. The molecule has 0 saturated heterocycles. The first-order chi connectivity index (χ1) is 10.3. The number of carbonyl (C=O) groups excluding carboxylic acids is 1. The predicted molar refractivity (Wildman–Crippen MR) is 78.4 cm³/mol. The fraction of sp³-hybridized carbons (Fsp3) is 0.333. The van der Waals surface area contributed by atoms with Crippen LogP contribution in [-0.4, -0.2) is 46.9 Å². The van der Waals surface area contributed by atoms with Crippen molar-refractivity contribution in [2.45, 2.75) is 6.42 Å². The van der Waals surface area contributed by atoms with Crippen molar-refractivity contribution in [2.75, 3.05) is 26.4 Å². The van der Waals surface area contributed by atoms with Crippen LogP contribution in [0.25, 0.3) is 5.69 Å². The van der Waals surface area contributed by atoms with Gasteiger partial charge in [0, 0.05) is 36.8 Å². The van der Waals surface area contributed by atoms with Gasteiger partial charge in [-0.2, -0.15) is 0 Å². The van der Waals surface area contributed by atoms with Crippen LogP contribution < -0.4 is 5.32 Å². The van der Waals surface area contributed by atoms with Crippen LogP contribution in [0, 0.1) is 0 Å². The third-order valence-electron chi connectivity index (χ3n) is 2.90. The standard InChI is InChI=1S/C15H19N3O3/c19-8-10-21-9-2-5-17-15(20)13-3-1-4-14(11-13)18-7-6-16-12-18/h1,3-4,6-7,11-12,19H,2,5,8-10H2,(H,17,20). The van der Waals surface area contributed by atoms with Gasteiger partial charge in [-0.1, -0.05) is 6.07 Å². The Labute approximate surface area is 123 Å². The van der Waals surface area contributed by atoms with Crippen molar-refractivity contribution in [3.8, 4) is 5.69 Å². The van der Waals surface area contributed by atoms with Gasteiger partial charge in [0.15, 0.2) is 0 Å². The van der Waals surface area contributed by atoms with E-state index in [9.17, 15) is 4.79 Å². The summed E-state index contributed by atoms with van der Waals surface area (Å²) in [6.45, 7) is 1.42. The second-order valence-corrected chi connectivity index (χ2v) is 4.47. The summed E-state index contributed by atoms with van der Waals surface area (Å²) in [6, 6.07) is 7.35. The number of hydrogen-bond donors (Lipinski definition) is 2. The SMILES string of the molecule is O=C(NCCCOCCO)c1cccc(-n2ccnc2)c1. The van der Waals surface area contributed by atoms with E-state index in [1.807, 2.05) is 29.0 Å². The van der Waals surface area contributed by atoms with E-state index < -0.39 is 0 Å². The lowest BCUT2D eigenvalue weighted by Crippen LogP contribution is -2.25. The zero-order chi connectivity index (χ0) is 14.9. The topological polar surface area (TPSA) is 76.4 Å². The zero-order valence-electron chi connectivity index (χ0n) is 11.7. The molecule has 0 bridgehead atoms. The average molecular weight is 289 g/mol. The van der Waals surface area contributed by atoms with Gasteiger partial charge < -0.3 is 19.7 Å². The van der Waals surface area contributed by atoms with Crippen molar-refractivity contribution in [3.63, 3.8) is 0 Å². The molecule has 0 spiro atoms. The van der Waals surface area contributed by atoms with E-state index in [0.717, 1.165) is 5.69 Å². The number of benzene rings is 1. The Morgan fingerprint density at radius 2 is 2.29 bits per heavy atom. The molecule has 0 atom stereocenters. The van der Waals surface area contributed by atoms with E-state index in [1.54, 1.807) is 18.6 Å². The van der Waals surface area contributed by atoms with E-state index in [-0.39, 0.29) is 12.5 Å². The van der Waals surface area contributed by atoms with Crippen molar-refractivity contribution in [1.82, 2.24) is 14.9 Å². The number of nitrogens with one attached hydrogen (secondary N) is 1. The monoisotopic (exact) mass is 289 g/mol. The predicted octanol–water partition coefficient (Wildman–Crippen LogP) is 1.00. The van der Waals surface area contributed by atoms with Gasteiger partial charge in [-0.25, -0.2) is 4.98 Å². The molecule has 0 radical (unpaired) electrons. The molecule has 0 aliphatic heterocycles. The number of imidazole rings is 1. The molecule has 1 heterocycles. The summed E-state index contributed by atoms with van der Waals surface area (Å²) in [6.07, 6.45) is 5.93. The lowest BCUT2D eigenvalue weighted by atomic mass is 10.2. The summed E-state index contributed by atoms with van der Waals surface area (Å²) in [5, 5.41) is 11.4. The normalized spacial score (nSPS) is 10.5. The van der Waals surface area contributed by atoms with Gasteiger partial charge in [0.1, 0.15) is 0 Å². The fourth-order valence-corrected chi connectivity index (χ4v) is 1.86. The van der Waals surface area contributed by atoms with Crippen molar-refractivity contribution in [1.29, 1.82) is 0 Å². The highest BCUT2D eigenvalue weighted by molar-refractivity contribution is 5.94. The molecule has 112 valence electrons. The van der Waals surface area contributed by atoms with E-state index >= 15 is 0 Å². The zero-order valence-corrected chi connectivity index (χ0v) is 11.7. The smallest absolute Gasteiger partial charge is 0.251 e. The molecule has 6 heteroatoms. The first kappa shape index (κ1) is 15.2. The molecule has 0 fully saturated rings. The molecular formula is C15H19N3O3. The number of aliphatic hydroxyl groups is 1. The first-order valence-corrected chi connectivity index (χ1v) is 6.86. The van der Waals surface area contributed by atoms with Crippen LogP contribution in [0.4, 0.5) is 0 Å². The van der Waals surface area contributed by atoms with Gasteiger partial charge in [-0.15, -0.1) is 0 Å². The molecule has 2 rings (SSSR count). The molecule has 0 aliphatic carbocycles. The Bertz CT molecular complexity index is 555. The molecule has 0 aliphatic rings. The summed E-state index contributed by atoms with van der Waals surface area (Å²) < 4.78 is 6.97. The number of ether oxygens (including phenoxy) is 1. The molecule has 1 amide bonds. The van der Waals surface area contributed by atoms with Crippen LogP contribution >= 0.6 is 0 Å². The summed E-state index contributed by atoms with van der Waals surface area (Å²) in [5.41, 5.74) is 1.50. The number of hydrogen-bond acceptors (Lipinski definition) is 4. The molecule has 6 nitrogen and oxygen atoms in total. The highest BCUT2D eigenvalue weighted by atomic mass is 16.5. The molecule has 1 aromatic heterocycles. The van der Waals surface area contributed by atoms with Gasteiger partial charge in [0.2, 0.25) is 0 Å². The number of carbonyl (C=O) groups is 1. The maximum absolute atomic E-state index is 12.0. The third kappa shape index (κ3) is 4.70. The van der Waals surface area contributed by atoms with Crippen LogP contribution in [0.5, 0.6) is 0 Å². The Hall–Kier alpha value is -2.18. The van der Waals surface area contributed by atoms with Crippen LogP contribution in [0.1, 0.15) is 16.8 Å². The second-order valence-electron chi connectivity index (χ2n) is 4.47. The molecule has 2 aromatic rings. The Morgan fingerprint density at radius 1 is 1.38 bits per heavy atom. The van der Waals surface area contributed by atoms with Crippen molar-refractivity contribution in [2.24, 2.45) is 0 Å². The molecule has 2 N–H and O–H groups in total. The minimum Gasteiger partial charge on any atom is -0.394 e. The minimum absolute atomic E-state index is 0.0212. The Balaban J connectivity index is 1.84. The number of aromatic nitrogens is 2. The Kier molecular flexibility index (Phi) is 5.93. The molecule has 0 unspecified atom stereocenters. The molecule has 0 saturated carbocycles. The van der Waals surface area contributed by atoms with Gasteiger partial charge in [-0.3, -0.25) is 4.79 Å². The van der Waals surface area contributed by atoms with Crippen molar-refractivity contribution in [3.05, 3.63) is 48.5 Å². The van der Waals surface area contributed by atoms with Gasteiger partial charge >= 0.3 is 0 Å². The lowest BCUT2D eigenvalue weighted by molar-refractivity contribution is 0.0867. The van der Waals surface area contributed by atoms with Gasteiger partial charge in [0.05, 0.1) is 19.5 Å². The highest BCUT2D eigenvalue weighted by Crippen LogP contribution is 2.10. The maximum Gasteiger partial charge on any atom is 0.251 e. The second kappa shape index (κ2) is 8.18. The number of aliphatic hydroxyl groups excluding tert-OH is 1. The van der Waals surface area contributed by atoms with Crippen LogP contribution in [0.2, 0.25) is 0 Å². The average Bonchev–Trinajstić information content (AvgIpc) is 3.05. The number of nitrogens with zero attached hydrogens (tertiary/aromatic N) is 2. The summed E-state index contributed by atoms with van der Waals surface area (Å²) in [5.74, 6) is -0.112. The quantitative estimate of drug-likeness (QED) is 0.711. The van der Waals surface area contributed by atoms with Gasteiger partial charge in [-0.05, 0) is 24.6 Å². The van der Waals surface area contributed by atoms with E-state index in [1.165, 1.54) is 0 Å². The minimum atomic E-state index is -0.112. The highest BCUT2D eigenvalue weighted by Gasteiger charge is 2.06. The molecule has 1 aromatic carbocycles. The lowest BCUT2D eigenvalue weighted by Gasteiger charge is -2.07. The Morgan fingerprint density at radius 3 is 3.05 bits per heavy atom. The van der Waals surface area contributed by atoms with Crippen LogP contribution in [0.15, 0.2) is 43.0 Å². The maximum atomic E-state index is 12.0. The van der Waals surface area contributed by atoms with Crippen molar-refractivity contribution < 1.29 is 14.6 Å². The number of amides is 1. The summed E-state index contributed by atoms with van der Waals surface area (Å²) >= 11 is 0. The fourth-order valence-electron chi connectivity index (χ4n) is 1.86. The van der Waals surface area contributed by atoms with E-state index in [4.69, 9.17) is 9.84 Å². The van der Waals surface area contributed by atoms with E-state index in [2.05, 4.69) is 10.3 Å². The third-order valence-corrected chi connectivity index (χ3v) is 2.90. The van der Waals surface area contributed by atoms with Crippen LogP contribution in [0.3, 0.4) is 0 Å². The largest absolute Gasteiger partial charge is 0.394 e. The first-order valence-electron chi connectivity index (χ1n) is 6.86. The molecule has 21 heavy (non-hydrogen) atoms. The van der Waals surface area contributed by atoms with Gasteiger partial charge in [0.25, 0.3) is 5.91 Å². The summed E-state index contributed by atoms with van der Waals surface area (Å²) in [4.78, 5) is 16.0. The van der Waals surface area contributed by atoms with E-state index in [0.29, 0.717) is 31.7 Å². The van der Waals surface area contributed by atoms with Crippen LogP contribution in [-0.2, 0) is 4.74 Å². The molecular weight excluding hydrogens is 270 g/mol.